The number of halogens is 2. The topological polar surface area (TPSA) is 72.2 Å². The molecule has 0 saturated heterocycles. The number of benzene rings is 2. The second kappa shape index (κ2) is 7.45. The van der Waals surface area contributed by atoms with Gasteiger partial charge in [-0.2, -0.15) is 0 Å². The zero-order valence-electron chi connectivity index (χ0n) is 12.7. The van der Waals surface area contributed by atoms with Crippen LogP contribution in [0.1, 0.15) is 24.1 Å². The molecule has 0 heterocycles. The highest BCUT2D eigenvalue weighted by atomic mass is 19.1. The number of carbonyl (C=O) groups excluding carboxylic acids is 1. The first-order chi connectivity index (χ1) is 11.4. The first-order valence-corrected chi connectivity index (χ1v) is 7.05. The summed E-state index contributed by atoms with van der Waals surface area (Å²) < 4.78 is 26.5. The second-order valence-corrected chi connectivity index (χ2v) is 5.08. The Morgan fingerprint density at radius 3 is 2.67 bits per heavy atom. The lowest BCUT2D eigenvalue weighted by molar-refractivity contribution is -0.384. The Morgan fingerprint density at radius 1 is 1.25 bits per heavy atom. The molecule has 0 saturated carbocycles. The minimum atomic E-state index is -0.745. The molecule has 0 aliphatic rings. The van der Waals surface area contributed by atoms with Crippen LogP contribution in [0.5, 0.6) is 0 Å². The summed E-state index contributed by atoms with van der Waals surface area (Å²) in [5, 5.41) is 13.2. The van der Waals surface area contributed by atoms with E-state index in [9.17, 15) is 23.7 Å². The summed E-state index contributed by atoms with van der Waals surface area (Å²) >= 11 is 0. The number of nitrogens with zero attached hydrogens (tertiary/aromatic N) is 1. The molecular formula is C17H14F2N2O3. The zero-order valence-corrected chi connectivity index (χ0v) is 12.7. The standard InChI is InChI=1S/C17H14F2N2O3/c1-11(15-7-6-13(18)10-16(15)19)20-17(22)8-5-12-3-2-4-14(9-12)21(23)24/h2-11H,1H3,(H,20,22). The lowest BCUT2D eigenvalue weighted by Crippen LogP contribution is -2.25. The van der Waals surface area contributed by atoms with Crippen LogP contribution in [0.4, 0.5) is 14.5 Å². The van der Waals surface area contributed by atoms with Crippen molar-refractivity contribution in [1.82, 2.24) is 5.32 Å². The van der Waals surface area contributed by atoms with E-state index in [0.717, 1.165) is 12.1 Å². The quantitative estimate of drug-likeness (QED) is 0.515. The number of hydrogen-bond acceptors (Lipinski definition) is 3. The van der Waals surface area contributed by atoms with Crippen molar-refractivity contribution in [2.75, 3.05) is 0 Å². The SMILES string of the molecule is CC(NC(=O)C=Cc1cccc([N+](=O)[O-])c1)c1ccc(F)cc1F. The zero-order chi connectivity index (χ0) is 17.7. The second-order valence-electron chi connectivity index (χ2n) is 5.08. The molecule has 2 rings (SSSR count). The third-order valence-corrected chi connectivity index (χ3v) is 3.30. The first-order valence-electron chi connectivity index (χ1n) is 7.05. The number of hydrogen-bond donors (Lipinski definition) is 1. The highest BCUT2D eigenvalue weighted by Crippen LogP contribution is 2.18. The number of non-ortho nitro benzene ring substituents is 1. The van der Waals surface area contributed by atoms with E-state index < -0.39 is 28.5 Å². The van der Waals surface area contributed by atoms with Gasteiger partial charge in [0.25, 0.3) is 5.69 Å². The van der Waals surface area contributed by atoms with Gasteiger partial charge in [-0.15, -0.1) is 0 Å². The minimum Gasteiger partial charge on any atom is -0.346 e. The van der Waals surface area contributed by atoms with E-state index in [0.29, 0.717) is 5.56 Å². The van der Waals surface area contributed by atoms with Crippen LogP contribution < -0.4 is 5.32 Å². The van der Waals surface area contributed by atoms with Crippen LogP contribution in [0.15, 0.2) is 48.5 Å². The van der Waals surface area contributed by atoms with Crippen LogP contribution in [-0.4, -0.2) is 10.8 Å². The Balaban J connectivity index is 2.04. The summed E-state index contributed by atoms with van der Waals surface area (Å²) in [6.45, 7) is 1.56. The number of rotatable bonds is 5. The van der Waals surface area contributed by atoms with E-state index in [-0.39, 0.29) is 11.3 Å². The van der Waals surface area contributed by atoms with Crippen molar-refractivity contribution in [2.45, 2.75) is 13.0 Å². The van der Waals surface area contributed by atoms with Crippen LogP contribution in [0, 0.1) is 21.7 Å². The Hall–Kier alpha value is -3.09. The van der Waals surface area contributed by atoms with Gasteiger partial charge < -0.3 is 5.32 Å². The van der Waals surface area contributed by atoms with Gasteiger partial charge in [-0.05, 0) is 24.6 Å². The highest BCUT2D eigenvalue weighted by molar-refractivity contribution is 5.92. The number of carbonyl (C=O) groups is 1. The molecule has 0 bridgehead atoms. The van der Waals surface area contributed by atoms with E-state index in [1.54, 1.807) is 13.0 Å². The van der Waals surface area contributed by atoms with Crippen LogP contribution in [-0.2, 0) is 4.79 Å². The van der Waals surface area contributed by atoms with Gasteiger partial charge in [-0.25, -0.2) is 8.78 Å². The number of nitro benzene ring substituents is 1. The predicted octanol–water partition coefficient (Wildman–Crippen LogP) is 3.76. The molecule has 1 atom stereocenters. The van der Waals surface area contributed by atoms with Crippen molar-refractivity contribution in [3.8, 4) is 0 Å². The van der Waals surface area contributed by atoms with E-state index in [2.05, 4.69) is 5.32 Å². The van der Waals surface area contributed by atoms with Crippen molar-refractivity contribution >= 4 is 17.7 Å². The minimum absolute atomic E-state index is 0.0840. The largest absolute Gasteiger partial charge is 0.346 e. The van der Waals surface area contributed by atoms with Crippen LogP contribution in [0.25, 0.3) is 6.08 Å². The monoisotopic (exact) mass is 332 g/mol. The highest BCUT2D eigenvalue weighted by Gasteiger charge is 2.13. The smallest absolute Gasteiger partial charge is 0.270 e. The van der Waals surface area contributed by atoms with Crippen molar-refractivity contribution < 1.29 is 18.5 Å². The molecule has 0 fully saturated rings. The van der Waals surface area contributed by atoms with Crippen LogP contribution in [0.3, 0.4) is 0 Å². The van der Waals surface area contributed by atoms with Crippen molar-refractivity contribution in [1.29, 1.82) is 0 Å². The van der Waals surface area contributed by atoms with Gasteiger partial charge >= 0.3 is 0 Å². The van der Waals surface area contributed by atoms with E-state index in [1.807, 2.05) is 0 Å². The lowest BCUT2D eigenvalue weighted by Gasteiger charge is -2.13. The molecule has 0 aliphatic heterocycles. The number of nitrogens with one attached hydrogen (secondary N) is 1. The predicted molar refractivity (Wildman–Crippen MR) is 85.0 cm³/mol. The molecule has 2 aromatic carbocycles. The van der Waals surface area contributed by atoms with Crippen LogP contribution >= 0.6 is 0 Å². The fourth-order valence-corrected chi connectivity index (χ4v) is 2.11. The molecule has 0 spiro atoms. The summed E-state index contributed by atoms with van der Waals surface area (Å²) in [5.74, 6) is -1.94. The summed E-state index contributed by atoms with van der Waals surface area (Å²) in [6, 6.07) is 8.25. The van der Waals surface area contributed by atoms with Crippen molar-refractivity contribution in [3.63, 3.8) is 0 Å². The van der Waals surface area contributed by atoms with Gasteiger partial charge in [0.05, 0.1) is 11.0 Å². The summed E-state index contributed by atoms with van der Waals surface area (Å²) in [7, 11) is 0. The molecule has 1 amide bonds. The third-order valence-electron chi connectivity index (χ3n) is 3.30. The normalized spacial score (nSPS) is 12.1. The molecule has 0 radical (unpaired) electrons. The average molecular weight is 332 g/mol. The maximum absolute atomic E-state index is 13.6. The fraction of sp³-hybridized carbons (Fsp3) is 0.118. The summed E-state index contributed by atoms with van der Waals surface area (Å²) in [6.07, 6.45) is 2.60. The van der Waals surface area contributed by atoms with E-state index >= 15 is 0 Å². The molecule has 1 unspecified atom stereocenters. The van der Waals surface area contributed by atoms with E-state index in [4.69, 9.17) is 0 Å². The maximum atomic E-state index is 13.6. The van der Waals surface area contributed by atoms with Gasteiger partial charge in [0.15, 0.2) is 0 Å². The van der Waals surface area contributed by atoms with Gasteiger partial charge in [-0.1, -0.05) is 18.2 Å². The Morgan fingerprint density at radius 2 is 2.00 bits per heavy atom. The summed E-state index contributed by atoms with van der Waals surface area (Å²) in [4.78, 5) is 22.0. The van der Waals surface area contributed by atoms with Gasteiger partial charge in [0.1, 0.15) is 11.6 Å². The average Bonchev–Trinajstić information content (AvgIpc) is 2.53. The Kier molecular flexibility index (Phi) is 5.36. The van der Waals surface area contributed by atoms with Crippen molar-refractivity contribution in [2.24, 2.45) is 0 Å². The molecule has 0 aromatic heterocycles. The van der Waals surface area contributed by atoms with Crippen LogP contribution in [0.2, 0.25) is 0 Å². The van der Waals surface area contributed by atoms with Crippen molar-refractivity contribution in [3.05, 3.63) is 81.4 Å². The summed E-state index contributed by atoms with van der Waals surface area (Å²) in [5.41, 5.74) is 0.563. The van der Waals surface area contributed by atoms with Gasteiger partial charge in [0.2, 0.25) is 5.91 Å². The first kappa shape index (κ1) is 17.3. The number of nitro groups is 1. The molecular weight excluding hydrogens is 318 g/mol. The lowest BCUT2D eigenvalue weighted by atomic mass is 10.1. The molecule has 5 nitrogen and oxygen atoms in total. The Labute approximate surface area is 136 Å². The molecule has 2 aromatic rings. The maximum Gasteiger partial charge on any atom is 0.270 e. The molecule has 7 heteroatoms. The third kappa shape index (κ3) is 4.45. The molecule has 124 valence electrons. The van der Waals surface area contributed by atoms with Gasteiger partial charge in [0, 0.05) is 29.8 Å². The van der Waals surface area contributed by atoms with Gasteiger partial charge in [-0.3, -0.25) is 14.9 Å². The molecule has 0 aliphatic carbocycles. The van der Waals surface area contributed by atoms with E-state index in [1.165, 1.54) is 36.4 Å². The Bertz CT molecular complexity index is 806. The molecule has 1 N–H and O–H groups in total. The number of amides is 1. The fourth-order valence-electron chi connectivity index (χ4n) is 2.11. The molecule has 24 heavy (non-hydrogen) atoms.